The molecule has 0 N–H and O–H groups in total. The Kier molecular flexibility index (Phi) is 7.92. The van der Waals surface area contributed by atoms with E-state index in [-0.39, 0.29) is 35.3 Å². The van der Waals surface area contributed by atoms with E-state index >= 15 is 0 Å². The minimum absolute atomic E-state index is 0.0325. The number of sulfone groups is 1. The average molecular weight is 435 g/mol. The van der Waals surface area contributed by atoms with Crippen LogP contribution in [-0.2, 0) is 14.6 Å². The highest BCUT2D eigenvalue weighted by atomic mass is 32.2. The molecule has 1 aromatic carbocycles. The number of nitrogens with zero attached hydrogens (tertiary/aromatic N) is 2. The van der Waals surface area contributed by atoms with Crippen molar-refractivity contribution in [1.29, 1.82) is 0 Å². The van der Waals surface area contributed by atoms with Gasteiger partial charge in [0, 0.05) is 37.7 Å². The quantitative estimate of drug-likeness (QED) is 0.629. The van der Waals surface area contributed by atoms with Gasteiger partial charge in [0.1, 0.15) is 0 Å². The van der Waals surface area contributed by atoms with Crippen molar-refractivity contribution in [3.8, 4) is 0 Å². The van der Waals surface area contributed by atoms with Crippen LogP contribution in [-0.4, -0.2) is 66.7 Å². The summed E-state index contributed by atoms with van der Waals surface area (Å²) >= 11 is 0. The molecule has 0 radical (unpaired) electrons. The number of carbonyl (C=O) groups excluding carboxylic acids is 2. The van der Waals surface area contributed by atoms with Gasteiger partial charge in [-0.1, -0.05) is 38.0 Å². The largest absolute Gasteiger partial charge is 0.340 e. The minimum atomic E-state index is -3.19. The van der Waals surface area contributed by atoms with Gasteiger partial charge in [-0.2, -0.15) is 0 Å². The normalized spacial score (nSPS) is 18.5. The second-order valence-electron chi connectivity index (χ2n) is 8.50. The maximum absolute atomic E-state index is 12.9. The van der Waals surface area contributed by atoms with E-state index in [1.165, 1.54) is 0 Å². The minimum Gasteiger partial charge on any atom is -0.340 e. The number of amides is 2. The summed E-state index contributed by atoms with van der Waals surface area (Å²) in [4.78, 5) is 29.3. The molecule has 0 atom stereocenters. The standard InChI is InChI=1S/C23H34N2O4S/c1-2-15-25(22(26)14-18-30(28,29)21-10-6-7-11-21)20-12-16-24(17-13-20)23(27)19-8-4-3-5-9-19/h3-5,8-9,20-21H,2,6-7,10-18H2,1H3. The van der Waals surface area contributed by atoms with Crippen LogP contribution in [0, 0.1) is 0 Å². The third kappa shape index (κ3) is 5.62. The van der Waals surface area contributed by atoms with Crippen molar-refractivity contribution in [2.45, 2.75) is 69.6 Å². The first-order chi connectivity index (χ1) is 14.4. The van der Waals surface area contributed by atoms with E-state index in [1.54, 1.807) is 0 Å². The maximum Gasteiger partial charge on any atom is 0.253 e. The fourth-order valence-corrected chi connectivity index (χ4v) is 6.53. The van der Waals surface area contributed by atoms with Gasteiger partial charge in [0.2, 0.25) is 5.91 Å². The molecular weight excluding hydrogens is 400 g/mol. The number of hydrogen-bond acceptors (Lipinski definition) is 4. The predicted molar refractivity (Wildman–Crippen MR) is 118 cm³/mol. The maximum atomic E-state index is 12.9. The van der Waals surface area contributed by atoms with Gasteiger partial charge in [0.15, 0.2) is 9.84 Å². The summed E-state index contributed by atoms with van der Waals surface area (Å²) in [5.74, 6) is -0.0708. The number of rotatable bonds is 8. The number of likely N-dealkylation sites (tertiary alicyclic amines) is 1. The first-order valence-electron chi connectivity index (χ1n) is 11.3. The summed E-state index contributed by atoms with van der Waals surface area (Å²) < 4.78 is 25.1. The second-order valence-corrected chi connectivity index (χ2v) is 10.9. The van der Waals surface area contributed by atoms with Crippen LogP contribution >= 0.6 is 0 Å². The van der Waals surface area contributed by atoms with Crippen molar-refractivity contribution in [1.82, 2.24) is 9.80 Å². The molecule has 3 rings (SSSR count). The molecule has 0 aromatic heterocycles. The first kappa shape index (κ1) is 22.8. The van der Waals surface area contributed by atoms with Gasteiger partial charge in [-0.3, -0.25) is 9.59 Å². The van der Waals surface area contributed by atoms with Crippen molar-refractivity contribution in [3.63, 3.8) is 0 Å². The Bertz CT molecular complexity index is 811. The summed E-state index contributed by atoms with van der Waals surface area (Å²) in [5.41, 5.74) is 0.689. The number of piperidine rings is 1. The molecule has 1 aromatic rings. The molecule has 1 aliphatic carbocycles. The molecule has 2 fully saturated rings. The van der Waals surface area contributed by atoms with Crippen LogP contribution < -0.4 is 0 Å². The van der Waals surface area contributed by atoms with Gasteiger partial charge >= 0.3 is 0 Å². The molecular formula is C23H34N2O4S. The van der Waals surface area contributed by atoms with Crippen LogP contribution in [0.15, 0.2) is 30.3 Å². The molecule has 7 heteroatoms. The van der Waals surface area contributed by atoms with Crippen LogP contribution in [0.2, 0.25) is 0 Å². The molecule has 1 aliphatic heterocycles. The molecule has 0 bridgehead atoms. The smallest absolute Gasteiger partial charge is 0.253 e. The SMILES string of the molecule is CCCN(C(=O)CCS(=O)(=O)C1CCCC1)C1CCN(C(=O)c2ccccc2)CC1. The third-order valence-corrected chi connectivity index (χ3v) is 8.67. The lowest BCUT2D eigenvalue weighted by Gasteiger charge is -2.38. The highest BCUT2D eigenvalue weighted by Crippen LogP contribution is 2.26. The van der Waals surface area contributed by atoms with E-state index in [4.69, 9.17) is 0 Å². The van der Waals surface area contributed by atoms with Crippen LogP contribution in [0.5, 0.6) is 0 Å². The zero-order valence-corrected chi connectivity index (χ0v) is 18.8. The number of benzene rings is 1. The van der Waals surface area contributed by atoms with Crippen LogP contribution in [0.4, 0.5) is 0 Å². The summed E-state index contributed by atoms with van der Waals surface area (Å²) in [6, 6.07) is 9.34. The topological polar surface area (TPSA) is 74.8 Å². The Morgan fingerprint density at radius 3 is 2.27 bits per heavy atom. The lowest BCUT2D eigenvalue weighted by molar-refractivity contribution is -0.134. The Hall–Kier alpha value is -1.89. The van der Waals surface area contributed by atoms with Crippen molar-refractivity contribution >= 4 is 21.7 Å². The van der Waals surface area contributed by atoms with Gasteiger partial charge in [0.05, 0.1) is 11.0 Å². The fraction of sp³-hybridized carbons (Fsp3) is 0.652. The van der Waals surface area contributed by atoms with E-state index in [0.717, 1.165) is 44.9 Å². The van der Waals surface area contributed by atoms with E-state index < -0.39 is 9.84 Å². The molecule has 2 amide bonds. The summed E-state index contributed by atoms with van der Waals surface area (Å²) in [6.07, 6.45) is 5.80. The third-order valence-electron chi connectivity index (χ3n) is 6.41. The summed E-state index contributed by atoms with van der Waals surface area (Å²) in [6.45, 7) is 3.90. The van der Waals surface area contributed by atoms with Crippen LogP contribution in [0.3, 0.4) is 0 Å². The molecule has 1 heterocycles. The van der Waals surface area contributed by atoms with Gasteiger partial charge < -0.3 is 9.80 Å². The Balaban J connectivity index is 1.54. The molecule has 1 saturated heterocycles. The predicted octanol–water partition coefficient (Wildman–Crippen LogP) is 3.28. The number of hydrogen-bond donors (Lipinski definition) is 0. The van der Waals surface area contributed by atoms with Crippen molar-refractivity contribution in [2.75, 3.05) is 25.4 Å². The lowest BCUT2D eigenvalue weighted by atomic mass is 10.0. The number of carbonyl (C=O) groups is 2. The van der Waals surface area contributed by atoms with Gasteiger partial charge in [-0.15, -0.1) is 0 Å². The fourth-order valence-electron chi connectivity index (χ4n) is 4.68. The molecule has 0 unspecified atom stereocenters. The van der Waals surface area contributed by atoms with Crippen molar-refractivity contribution in [3.05, 3.63) is 35.9 Å². The zero-order valence-electron chi connectivity index (χ0n) is 18.0. The highest BCUT2D eigenvalue weighted by molar-refractivity contribution is 7.92. The van der Waals surface area contributed by atoms with E-state index in [9.17, 15) is 18.0 Å². The van der Waals surface area contributed by atoms with Gasteiger partial charge in [-0.25, -0.2) is 8.42 Å². The average Bonchev–Trinajstić information content (AvgIpc) is 3.32. The molecule has 30 heavy (non-hydrogen) atoms. The Labute approximate surface area is 180 Å². The van der Waals surface area contributed by atoms with E-state index in [2.05, 4.69) is 0 Å². The van der Waals surface area contributed by atoms with Crippen LogP contribution in [0.25, 0.3) is 0 Å². The van der Waals surface area contributed by atoms with Gasteiger partial charge in [-0.05, 0) is 44.2 Å². The van der Waals surface area contributed by atoms with Crippen LogP contribution in [0.1, 0.15) is 68.6 Å². The van der Waals surface area contributed by atoms with Crippen molar-refractivity contribution < 1.29 is 18.0 Å². The second kappa shape index (κ2) is 10.4. The van der Waals surface area contributed by atoms with E-state index in [1.807, 2.05) is 47.1 Å². The van der Waals surface area contributed by atoms with Gasteiger partial charge in [0.25, 0.3) is 5.91 Å². The highest BCUT2D eigenvalue weighted by Gasteiger charge is 2.32. The van der Waals surface area contributed by atoms with E-state index in [0.29, 0.717) is 25.2 Å². The molecule has 2 aliphatic rings. The van der Waals surface area contributed by atoms with Crippen molar-refractivity contribution in [2.24, 2.45) is 0 Å². The Morgan fingerprint density at radius 2 is 1.67 bits per heavy atom. The first-order valence-corrected chi connectivity index (χ1v) is 13.0. The molecule has 0 spiro atoms. The monoisotopic (exact) mass is 434 g/mol. The molecule has 6 nitrogen and oxygen atoms in total. The summed E-state index contributed by atoms with van der Waals surface area (Å²) in [7, 11) is -3.19. The lowest BCUT2D eigenvalue weighted by Crippen LogP contribution is -2.49. The zero-order chi connectivity index (χ0) is 21.6. The molecule has 1 saturated carbocycles. The summed E-state index contributed by atoms with van der Waals surface area (Å²) in [5, 5.41) is -0.253. The Morgan fingerprint density at radius 1 is 1.03 bits per heavy atom. The molecule has 166 valence electrons.